The van der Waals surface area contributed by atoms with E-state index < -0.39 is 29.1 Å². The van der Waals surface area contributed by atoms with Gasteiger partial charge in [0, 0.05) is 24.3 Å². The van der Waals surface area contributed by atoms with Gasteiger partial charge in [-0.05, 0) is 60.5 Å². The highest BCUT2D eigenvalue weighted by molar-refractivity contribution is 5.80. The van der Waals surface area contributed by atoms with Gasteiger partial charge in [0.1, 0.15) is 5.66 Å². The van der Waals surface area contributed by atoms with Crippen LogP contribution >= 0.6 is 0 Å². The molecular formula is C23H23F6N3. The fourth-order valence-electron chi connectivity index (χ4n) is 4.56. The average molecular weight is 455 g/mol. The van der Waals surface area contributed by atoms with Crippen LogP contribution in [0.5, 0.6) is 0 Å². The largest absolute Gasteiger partial charge is 0.416 e. The third-order valence-corrected chi connectivity index (χ3v) is 6.17. The summed E-state index contributed by atoms with van der Waals surface area (Å²) in [4.78, 5) is 0. The SMILES string of the molecule is NC1(n2ccc3ccccc32)CCCCC1NCc1cc(C(F)(F)F)cc(C(F)(F)F)c1. The Bertz CT molecular complexity index is 1070. The van der Waals surface area contributed by atoms with E-state index in [-0.39, 0.29) is 24.2 Å². The molecule has 0 spiro atoms. The van der Waals surface area contributed by atoms with Crippen LogP contribution in [-0.2, 0) is 24.6 Å². The first-order chi connectivity index (χ1) is 15.0. The van der Waals surface area contributed by atoms with E-state index in [1.54, 1.807) is 0 Å². The van der Waals surface area contributed by atoms with Crippen LogP contribution in [0.15, 0.2) is 54.7 Å². The molecule has 3 aromatic rings. The summed E-state index contributed by atoms with van der Waals surface area (Å²) in [5, 5.41) is 4.17. The van der Waals surface area contributed by atoms with Crippen LogP contribution in [0, 0.1) is 0 Å². The monoisotopic (exact) mass is 455 g/mol. The van der Waals surface area contributed by atoms with Gasteiger partial charge in [-0.15, -0.1) is 0 Å². The number of para-hydroxylation sites is 1. The molecule has 0 radical (unpaired) electrons. The second kappa shape index (κ2) is 8.12. The van der Waals surface area contributed by atoms with E-state index in [0.29, 0.717) is 12.8 Å². The van der Waals surface area contributed by atoms with Crippen molar-refractivity contribution in [1.29, 1.82) is 0 Å². The molecule has 0 bridgehead atoms. The number of hydrogen-bond donors (Lipinski definition) is 2. The number of nitrogens with one attached hydrogen (secondary N) is 1. The van der Waals surface area contributed by atoms with Crippen molar-refractivity contribution in [2.24, 2.45) is 5.73 Å². The van der Waals surface area contributed by atoms with Gasteiger partial charge in [0.15, 0.2) is 0 Å². The van der Waals surface area contributed by atoms with Gasteiger partial charge in [0.25, 0.3) is 0 Å². The van der Waals surface area contributed by atoms with Crippen molar-refractivity contribution in [3.63, 3.8) is 0 Å². The molecule has 1 aliphatic carbocycles. The Morgan fingerprint density at radius 3 is 2.25 bits per heavy atom. The number of rotatable bonds is 4. The maximum Gasteiger partial charge on any atom is 0.416 e. The number of halogens is 6. The molecule has 1 aromatic heterocycles. The molecule has 3 N–H and O–H groups in total. The van der Waals surface area contributed by atoms with Crippen molar-refractivity contribution >= 4 is 10.9 Å². The normalized spacial score (nSPS) is 22.4. The first-order valence-electron chi connectivity index (χ1n) is 10.4. The Kier molecular flexibility index (Phi) is 5.75. The van der Waals surface area contributed by atoms with E-state index in [4.69, 9.17) is 5.73 Å². The molecule has 172 valence electrons. The second-order valence-corrected chi connectivity index (χ2v) is 8.33. The molecule has 2 unspecified atom stereocenters. The van der Waals surface area contributed by atoms with E-state index in [1.807, 2.05) is 41.1 Å². The molecule has 2 atom stereocenters. The van der Waals surface area contributed by atoms with Gasteiger partial charge < -0.3 is 15.6 Å². The molecule has 0 aliphatic heterocycles. The zero-order chi connectivity index (χ0) is 23.1. The van der Waals surface area contributed by atoms with Crippen molar-refractivity contribution < 1.29 is 26.3 Å². The molecule has 4 rings (SSSR count). The first-order valence-corrected chi connectivity index (χ1v) is 10.4. The highest BCUT2D eigenvalue weighted by Crippen LogP contribution is 2.37. The lowest BCUT2D eigenvalue weighted by Crippen LogP contribution is -2.59. The molecule has 0 amide bonds. The van der Waals surface area contributed by atoms with Crippen LogP contribution < -0.4 is 11.1 Å². The Balaban J connectivity index is 1.63. The number of nitrogens with zero attached hydrogens (tertiary/aromatic N) is 1. The minimum atomic E-state index is -4.87. The highest BCUT2D eigenvalue weighted by Gasteiger charge is 2.40. The Morgan fingerprint density at radius 2 is 1.59 bits per heavy atom. The van der Waals surface area contributed by atoms with Gasteiger partial charge in [0.2, 0.25) is 0 Å². The molecule has 1 heterocycles. The average Bonchev–Trinajstić information content (AvgIpc) is 3.17. The van der Waals surface area contributed by atoms with E-state index in [1.165, 1.54) is 0 Å². The summed E-state index contributed by atoms with van der Waals surface area (Å²) in [6.07, 6.45) is -4.81. The van der Waals surface area contributed by atoms with Gasteiger partial charge >= 0.3 is 12.4 Å². The van der Waals surface area contributed by atoms with Crippen molar-refractivity contribution in [2.75, 3.05) is 0 Å². The van der Waals surface area contributed by atoms with Crippen LogP contribution in [0.1, 0.15) is 42.4 Å². The summed E-state index contributed by atoms with van der Waals surface area (Å²) < 4.78 is 81.0. The summed E-state index contributed by atoms with van der Waals surface area (Å²) in [5.41, 5.74) is 4.20. The Labute approximate surface area is 181 Å². The molecule has 2 aromatic carbocycles. The molecule has 32 heavy (non-hydrogen) atoms. The Hall–Kier alpha value is -2.52. The van der Waals surface area contributed by atoms with Gasteiger partial charge in [-0.25, -0.2) is 0 Å². The number of aromatic nitrogens is 1. The third-order valence-electron chi connectivity index (χ3n) is 6.17. The van der Waals surface area contributed by atoms with Crippen LogP contribution in [0.25, 0.3) is 10.9 Å². The van der Waals surface area contributed by atoms with Crippen LogP contribution in [0.3, 0.4) is 0 Å². The van der Waals surface area contributed by atoms with E-state index >= 15 is 0 Å². The van der Waals surface area contributed by atoms with Gasteiger partial charge in [0.05, 0.1) is 11.1 Å². The fraction of sp³-hybridized carbons (Fsp3) is 0.391. The van der Waals surface area contributed by atoms with Crippen molar-refractivity contribution in [2.45, 2.75) is 56.3 Å². The first kappa shape index (κ1) is 22.7. The predicted octanol–water partition coefficient (Wildman–Crippen LogP) is 6.02. The summed E-state index contributed by atoms with van der Waals surface area (Å²) in [5.74, 6) is 0. The Morgan fingerprint density at radius 1 is 0.938 bits per heavy atom. The van der Waals surface area contributed by atoms with Gasteiger partial charge in [-0.2, -0.15) is 26.3 Å². The van der Waals surface area contributed by atoms with E-state index in [2.05, 4.69) is 5.32 Å². The smallest absolute Gasteiger partial charge is 0.327 e. The molecule has 3 nitrogen and oxygen atoms in total. The van der Waals surface area contributed by atoms with Crippen molar-refractivity contribution in [1.82, 2.24) is 9.88 Å². The summed E-state index contributed by atoms with van der Waals surface area (Å²) in [6, 6.07) is 11.0. The van der Waals surface area contributed by atoms with Crippen LogP contribution in [-0.4, -0.2) is 10.6 Å². The van der Waals surface area contributed by atoms with Crippen LogP contribution in [0.4, 0.5) is 26.3 Å². The van der Waals surface area contributed by atoms with Gasteiger partial charge in [-0.1, -0.05) is 24.6 Å². The third kappa shape index (κ3) is 4.36. The highest BCUT2D eigenvalue weighted by atomic mass is 19.4. The molecule has 9 heteroatoms. The molecule has 1 saturated carbocycles. The predicted molar refractivity (Wildman–Crippen MR) is 110 cm³/mol. The lowest BCUT2D eigenvalue weighted by molar-refractivity contribution is -0.143. The lowest BCUT2D eigenvalue weighted by atomic mass is 9.84. The number of benzene rings is 2. The van der Waals surface area contributed by atoms with Crippen molar-refractivity contribution in [3.05, 3.63) is 71.4 Å². The molecule has 1 fully saturated rings. The van der Waals surface area contributed by atoms with E-state index in [9.17, 15) is 26.3 Å². The summed E-state index contributed by atoms with van der Waals surface area (Å²) in [7, 11) is 0. The topological polar surface area (TPSA) is 43.0 Å². The van der Waals surface area contributed by atoms with Gasteiger partial charge in [-0.3, -0.25) is 0 Å². The van der Waals surface area contributed by atoms with Crippen LogP contribution in [0.2, 0.25) is 0 Å². The number of hydrogen-bond acceptors (Lipinski definition) is 2. The zero-order valence-corrected chi connectivity index (χ0v) is 17.1. The number of fused-ring (bicyclic) bond motifs is 1. The molecular weight excluding hydrogens is 432 g/mol. The maximum atomic E-state index is 13.2. The van der Waals surface area contributed by atoms with E-state index in [0.717, 1.165) is 35.9 Å². The maximum absolute atomic E-state index is 13.2. The summed E-state index contributed by atoms with van der Waals surface area (Å²) >= 11 is 0. The van der Waals surface area contributed by atoms with Crippen molar-refractivity contribution in [3.8, 4) is 0 Å². The standard InChI is InChI=1S/C23H23F6N3/c24-22(25,26)17-11-15(12-18(13-17)23(27,28)29)14-31-20-7-3-4-9-21(20,30)32-10-8-16-5-1-2-6-19(16)32/h1-2,5-6,8,10-13,20,31H,3-4,7,9,14,30H2. The minimum Gasteiger partial charge on any atom is -0.327 e. The fourth-order valence-corrected chi connectivity index (χ4v) is 4.56. The minimum absolute atomic E-state index is 0.0857. The molecule has 0 saturated heterocycles. The lowest BCUT2D eigenvalue weighted by Gasteiger charge is -2.43. The quantitative estimate of drug-likeness (QED) is 0.473. The number of alkyl halides is 6. The number of nitrogens with two attached hydrogens (primary N) is 1. The summed E-state index contributed by atoms with van der Waals surface area (Å²) in [6.45, 7) is -0.157. The zero-order valence-electron chi connectivity index (χ0n) is 17.1. The second-order valence-electron chi connectivity index (χ2n) is 8.33. The molecule has 1 aliphatic rings.